The SMILES string of the molecule is Cc1ccc(CNC(C)Cc2cccs2)cc1. The summed E-state index contributed by atoms with van der Waals surface area (Å²) in [5.41, 5.74) is 2.68. The third kappa shape index (κ3) is 3.99. The van der Waals surface area contributed by atoms with Crippen LogP contribution in [0.2, 0.25) is 0 Å². The zero-order valence-corrected chi connectivity index (χ0v) is 11.3. The van der Waals surface area contributed by atoms with Crippen molar-refractivity contribution in [3.63, 3.8) is 0 Å². The predicted octanol–water partition coefficient (Wildman–Crippen LogP) is 3.78. The largest absolute Gasteiger partial charge is 0.310 e. The van der Waals surface area contributed by atoms with Gasteiger partial charge in [0, 0.05) is 17.5 Å². The average Bonchev–Trinajstić information content (AvgIpc) is 2.81. The Balaban J connectivity index is 1.79. The van der Waals surface area contributed by atoms with Crippen molar-refractivity contribution in [1.29, 1.82) is 0 Å². The predicted molar refractivity (Wildman–Crippen MR) is 75.5 cm³/mol. The molecular formula is C15H19NS. The summed E-state index contributed by atoms with van der Waals surface area (Å²) in [4.78, 5) is 1.45. The fourth-order valence-corrected chi connectivity index (χ4v) is 2.64. The second-order valence-corrected chi connectivity index (χ2v) is 5.58. The highest BCUT2D eigenvalue weighted by atomic mass is 32.1. The molecule has 0 radical (unpaired) electrons. The maximum atomic E-state index is 3.56. The van der Waals surface area contributed by atoms with Crippen LogP contribution >= 0.6 is 11.3 Å². The Kier molecular flexibility index (Phi) is 4.35. The van der Waals surface area contributed by atoms with Gasteiger partial charge in [0.05, 0.1) is 0 Å². The Morgan fingerprint density at radius 2 is 1.94 bits per heavy atom. The summed E-state index contributed by atoms with van der Waals surface area (Å²) in [6.07, 6.45) is 1.11. The van der Waals surface area contributed by atoms with Gasteiger partial charge in [0.15, 0.2) is 0 Å². The molecule has 90 valence electrons. The fraction of sp³-hybridized carbons (Fsp3) is 0.333. The van der Waals surface area contributed by atoms with Crippen LogP contribution in [0, 0.1) is 6.92 Å². The number of rotatable bonds is 5. The van der Waals surface area contributed by atoms with Crippen LogP contribution in [-0.4, -0.2) is 6.04 Å². The summed E-state index contributed by atoms with van der Waals surface area (Å²) in [5, 5.41) is 5.70. The van der Waals surface area contributed by atoms with Crippen molar-refractivity contribution in [2.24, 2.45) is 0 Å². The van der Waals surface area contributed by atoms with E-state index in [0.29, 0.717) is 6.04 Å². The number of nitrogens with one attached hydrogen (secondary N) is 1. The number of hydrogen-bond donors (Lipinski definition) is 1. The lowest BCUT2D eigenvalue weighted by molar-refractivity contribution is 0.548. The van der Waals surface area contributed by atoms with E-state index in [4.69, 9.17) is 0 Å². The summed E-state index contributed by atoms with van der Waals surface area (Å²) in [6.45, 7) is 5.32. The molecule has 0 aliphatic rings. The fourth-order valence-electron chi connectivity index (χ4n) is 1.80. The van der Waals surface area contributed by atoms with Gasteiger partial charge in [-0.3, -0.25) is 0 Å². The summed E-state index contributed by atoms with van der Waals surface area (Å²) >= 11 is 1.83. The van der Waals surface area contributed by atoms with Crippen molar-refractivity contribution in [3.8, 4) is 0 Å². The molecular weight excluding hydrogens is 226 g/mol. The number of aryl methyl sites for hydroxylation is 1. The summed E-state index contributed by atoms with van der Waals surface area (Å²) < 4.78 is 0. The minimum absolute atomic E-state index is 0.523. The van der Waals surface area contributed by atoms with E-state index in [9.17, 15) is 0 Å². The van der Waals surface area contributed by atoms with Crippen LogP contribution in [0.5, 0.6) is 0 Å². The third-order valence-electron chi connectivity index (χ3n) is 2.86. The molecule has 2 aromatic rings. The number of thiophene rings is 1. The van der Waals surface area contributed by atoms with Gasteiger partial charge in [-0.05, 0) is 37.3 Å². The van der Waals surface area contributed by atoms with Gasteiger partial charge in [-0.15, -0.1) is 11.3 Å². The average molecular weight is 245 g/mol. The Morgan fingerprint density at radius 1 is 1.18 bits per heavy atom. The van der Waals surface area contributed by atoms with Crippen molar-refractivity contribution >= 4 is 11.3 Å². The first-order valence-corrected chi connectivity index (χ1v) is 6.93. The van der Waals surface area contributed by atoms with Crippen LogP contribution in [0.1, 0.15) is 22.9 Å². The molecule has 0 aliphatic carbocycles. The lowest BCUT2D eigenvalue weighted by atomic mass is 10.1. The topological polar surface area (TPSA) is 12.0 Å². The van der Waals surface area contributed by atoms with Crippen molar-refractivity contribution in [2.45, 2.75) is 32.9 Å². The molecule has 0 bridgehead atoms. The molecule has 1 N–H and O–H groups in total. The monoisotopic (exact) mass is 245 g/mol. The lowest BCUT2D eigenvalue weighted by Crippen LogP contribution is -2.27. The molecule has 0 saturated heterocycles. The van der Waals surface area contributed by atoms with Gasteiger partial charge in [-0.25, -0.2) is 0 Å². The Hall–Kier alpha value is -1.12. The highest BCUT2D eigenvalue weighted by molar-refractivity contribution is 7.09. The van der Waals surface area contributed by atoms with Crippen LogP contribution < -0.4 is 5.32 Å². The van der Waals surface area contributed by atoms with E-state index in [0.717, 1.165) is 13.0 Å². The maximum Gasteiger partial charge on any atom is 0.0208 e. The van der Waals surface area contributed by atoms with E-state index in [2.05, 4.69) is 60.9 Å². The molecule has 0 amide bonds. The van der Waals surface area contributed by atoms with Gasteiger partial charge < -0.3 is 5.32 Å². The molecule has 1 nitrogen and oxygen atoms in total. The van der Waals surface area contributed by atoms with Crippen molar-refractivity contribution in [3.05, 3.63) is 57.8 Å². The molecule has 2 rings (SSSR count). The lowest BCUT2D eigenvalue weighted by Gasteiger charge is -2.12. The van der Waals surface area contributed by atoms with E-state index in [1.807, 2.05) is 11.3 Å². The molecule has 1 aromatic heterocycles. The van der Waals surface area contributed by atoms with Gasteiger partial charge in [0.2, 0.25) is 0 Å². The van der Waals surface area contributed by atoms with Crippen LogP contribution in [0.15, 0.2) is 41.8 Å². The molecule has 0 aliphatic heterocycles. The quantitative estimate of drug-likeness (QED) is 0.845. The van der Waals surface area contributed by atoms with E-state index in [1.165, 1.54) is 16.0 Å². The molecule has 0 fully saturated rings. The smallest absolute Gasteiger partial charge is 0.0208 e. The normalized spacial score (nSPS) is 12.6. The second-order valence-electron chi connectivity index (χ2n) is 4.55. The van der Waals surface area contributed by atoms with E-state index in [-0.39, 0.29) is 0 Å². The highest BCUT2D eigenvalue weighted by Crippen LogP contribution is 2.11. The van der Waals surface area contributed by atoms with Gasteiger partial charge in [0.25, 0.3) is 0 Å². The second kappa shape index (κ2) is 5.99. The van der Waals surface area contributed by atoms with Gasteiger partial charge in [-0.2, -0.15) is 0 Å². The molecule has 1 aromatic carbocycles. The van der Waals surface area contributed by atoms with E-state index >= 15 is 0 Å². The summed E-state index contributed by atoms with van der Waals surface area (Å²) in [6, 6.07) is 13.6. The molecule has 1 unspecified atom stereocenters. The van der Waals surface area contributed by atoms with Crippen LogP contribution in [0.4, 0.5) is 0 Å². The van der Waals surface area contributed by atoms with Crippen LogP contribution in [-0.2, 0) is 13.0 Å². The molecule has 1 atom stereocenters. The highest BCUT2D eigenvalue weighted by Gasteiger charge is 2.03. The minimum atomic E-state index is 0.523. The van der Waals surface area contributed by atoms with Gasteiger partial charge in [0.1, 0.15) is 0 Å². The first kappa shape index (κ1) is 12.3. The Morgan fingerprint density at radius 3 is 2.59 bits per heavy atom. The molecule has 17 heavy (non-hydrogen) atoms. The van der Waals surface area contributed by atoms with Crippen LogP contribution in [0.3, 0.4) is 0 Å². The number of benzene rings is 1. The molecule has 1 heterocycles. The molecule has 2 heteroatoms. The van der Waals surface area contributed by atoms with Crippen LogP contribution in [0.25, 0.3) is 0 Å². The first-order chi connectivity index (χ1) is 8.24. The van der Waals surface area contributed by atoms with Crippen molar-refractivity contribution < 1.29 is 0 Å². The van der Waals surface area contributed by atoms with Crippen molar-refractivity contribution in [1.82, 2.24) is 5.32 Å². The zero-order chi connectivity index (χ0) is 12.1. The summed E-state index contributed by atoms with van der Waals surface area (Å²) in [7, 11) is 0. The van der Waals surface area contributed by atoms with E-state index in [1.54, 1.807) is 0 Å². The minimum Gasteiger partial charge on any atom is -0.310 e. The molecule has 0 saturated carbocycles. The van der Waals surface area contributed by atoms with Gasteiger partial charge >= 0.3 is 0 Å². The summed E-state index contributed by atoms with van der Waals surface area (Å²) in [5.74, 6) is 0. The molecule has 0 spiro atoms. The standard InChI is InChI=1S/C15H19NS/c1-12-5-7-14(8-6-12)11-16-13(2)10-15-4-3-9-17-15/h3-9,13,16H,10-11H2,1-2H3. The number of hydrogen-bond acceptors (Lipinski definition) is 2. The Labute approximate surface area is 108 Å². The van der Waals surface area contributed by atoms with Crippen molar-refractivity contribution in [2.75, 3.05) is 0 Å². The Bertz CT molecular complexity index is 430. The third-order valence-corrected chi connectivity index (χ3v) is 3.76. The maximum absolute atomic E-state index is 3.56. The van der Waals surface area contributed by atoms with Gasteiger partial charge in [-0.1, -0.05) is 35.9 Å². The first-order valence-electron chi connectivity index (χ1n) is 6.05. The van der Waals surface area contributed by atoms with E-state index < -0.39 is 0 Å². The zero-order valence-electron chi connectivity index (χ0n) is 10.4.